The van der Waals surface area contributed by atoms with Gasteiger partial charge in [0.25, 0.3) is 11.8 Å². The Labute approximate surface area is 140 Å². The zero-order valence-corrected chi connectivity index (χ0v) is 13.5. The molecular weight excluding hydrogens is 362 g/mol. The number of benzene rings is 2. The Morgan fingerprint density at radius 1 is 1.04 bits per heavy atom. The number of nitrogens with zero attached hydrogens (tertiary/aromatic N) is 1. The van der Waals surface area contributed by atoms with Crippen molar-refractivity contribution in [1.29, 1.82) is 0 Å². The van der Waals surface area contributed by atoms with Crippen molar-refractivity contribution in [3.05, 3.63) is 69.7 Å². The van der Waals surface area contributed by atoms with Crippen molar-refractivity contribution in [3.63, 3.8) is 0 Å². The van der Waals surface area contributed by atoms with Gasteiger partial charge in [-0.2, -0.15) is 0 Å². The predicted octanol–water partition coefficient (Wildman–Crippen LogP) is 3.26. The van der Waals surface area contributed by atoms with Crippen LogP contribution in [0.1, 0.15) is 38.7 Å². The largest absolute Gasteiger partial charge is 0.481 e. The van der Waals surface area contributed by atoms with E-state index in [9.17, 15) is 19.5 Å². The minimum atomic E-state index is -1.07. The zero-order valence-electron chi connectivity index (χ0n) is 11.9. The lowest BCUT2D eigenvalue weighted by atomic mass is 10.0. The summed E-state index contributed by atoms with van der Waals surface area (Å²) in [5.74, 6) is -2.01. The number of imide groups is 1. The fraction of sp³-hybridized carbons (Fsp3) is 0.118. The second kappa shape index (κ2) is 5.96. The van der Waals surface area contributed by atoms with Crippen molar-refractivity contribution < 1.29 is 19.5 Å². The first-order valence-corrected chi connectivity index (χ1v) is 7.72. The maximum atomic E-state index is 12.6. The highest BCUT2D eigenvalue weighted by atomic mass is 79.9. The van der Waals surface area contributed by atoms with Gasteiger partial charge in [-0.05, 0) is 23.8 Å². The molecule has 1 N–H and O–H groups in total. The summed E-state index contributed by atoms with van der Waals surface area (Å²) < 4.78 is 0.689. The smallest absolute Gasteiger partial charge is 0.305 e. The Kier molecular flexibility index (Phi) is 4.00. The molecule has 1 heterocycles. The van der Waals surface area contributed by atoms with E-state index in [0.29, 0.717) is 15.6 Å². The van der Waals surface area contributed by atoms with Crippen LogP contribution in [-0.2, 0) is 4.79 Å². The standard InChI is InChI=1S/C17H12BrNO4/c18-11-6-7-12-13(8-11)17(23)19(16(12)22)14(9-15(20)21)10-4-2-1-3-5-10/h1-8,14H,9H2,(H,20,21). The first kappa shape index (κ1) is 15.4. The van der Waals surface area contributed by atoms with E-state index >= 15 is 0 Å². The second-order valence-corrected chi connectivity index (χ2v) is 6.11. The summed E-state index contributed by atoms with van der Waals surface area (Å²) in [4.78, 5) is 37.5. The quantitative estimate of drug-likeness (QED) is 0.834. The summed E-state index contributed by atoms with van der Waals surface area (Å²) >= 11 is 3.28. The van der Waals surface area contributed by atoms with Crippen LogP contribution in [0.4, 0.5) is 0 Å². The summed E-state index contributed by atoms with van der Waals surface area (Å²) in [6, 6.07) is 12.7. The van der Waals surface area contributed by atoms with Crippen LogP contribution in [0.25, 0.3) is 0 Å². The number of hydrogen-bond donors (Lipinski definition) is 1. The first-order chi connectivity index (χ1) is 11.0. The van der Waals surface area contributed by atoms with Crippen LogP contribution >= 0.6 is 15.9 Å². The molecule has 1 aliphatic heterocycles. The third kappa shape index (κ3) is 2.77. The molecule has 1 aliphatic rings. The SMILES string of the molecule is O=C(O)CC(c1ccccc1)N1C(=O)c2ccc(Br)cc2C1=O. The molecule has 0 aliphatic carbocycles. The Hall–Kier alpha value is -2.47. The Bertz CT molecular complexity index is 803. The fourth-order valence-electron chi connectivity index (χ4n) is 2.71. The summed E-state index contributed by atoms with van der Waals surface area (Å²) in [6.07, 6.45) is -0.337. The Morgan fingerprint density at radius 2 is 1.70 bits per heavy atom. The van der Waals surface area contributed by atoms with Gasteiger partial charge in [-0.3, -0.25) is 19.3 Å². The summed E-state index contributed by atoms with van der Waals surface area (Å²) in [6.45, 7) is 0. The van der Waals surface area contributed by atoms with Crippen LogP contribution in [-0.4, -0.2) is 27.8 Å². The molecule has 1 atom stereocenters. The molecule has 3 rings (SSSR count). The van der Waals surface area contributed by atoms with Gasteiger partial charge in [0.2, 0.25) is 0 Å². The molecule has 0 saturated heterocycles. The van der Waals surface area contributed by atoms with Crippen molar-refractivity contribution in [2.75, 3.05) is 0 Å². The molecule has 6 heteroatoms. The van der Waals surface area contributed by atoms with Gasteiger partial charge in [0.1, 0.15) is 0 Å². The molecule has 0 spiro atoms. The molecule has 23 heavy (non-hydrogen) atoms. The normalized spacial score (nSPS) is 14.7. The lowest BCUT2D eigenvalue weighted by Gasteiger charge is -2.25. The van der Waals surface area contributed by atoms with Crippen LogP contribution in [0.2, 0.25) is 0 Å². The van der Waals surface area contributed by atoms with Crippen LogP contribution < -0.4 is 0 Å². The van der Waals surface area contributed by atoms with Crippen molar-refractivity contribution in [3.8, 4) is 0 Å². The van der Waals surface area contributed by atoms with E-state index in [1.54, 1.807) is 48.5 Å². The van der Waals surface area contributed by atoms with Gasteiger partial charge < -0.3 is 5.11 Å². The molecule has 2 aromatic rings. The maximum Gasteiger partial charge on any atom is 0.305 e. The molecule has 5 nitrogen and oxygen atoms in total. The summed E-state index contributed by atoms with van der Waals surface area (Å²) in [5.41, 5.74) is 1.20. The minimum absolute atomic E-state index is 0.288. The van der Waals surface area contributed by atoms with Gasteiger partial charge >= 0.3 is 5.97 Å². The first-order valence-electron chi connectivity index (χ1n) is 6.93. The average Bonchev–Trinajstić information content (AvgIpc) is 2.77. The molecule has 0 aromatic heterocycles. The molecule has 1 unspecified atom stereocenters. The highest BCUT2D eigenvalue weighted by Gasteiger charge is 2.41. The lowest BCUT2D eigenvalue weighted by molar-refractivity contribution is -0.138. The van der Waals surface area contributed by atoms with E-state index in [2.05, 4.69) is 15.9 Å². The average molecular weight is 374 g/mol. The van der Waals surface area contributed by atoms with E-state index in [1.165, 1.54) is 0 Å². The Morgan fingerprint density at radius 3 is 2.35 bits per heavy atom. The third-order valence-electron chi connectivity index (χ3n) is 3.74. The van der Waals surface area contributed by atoms with Gasteiger partial charge in [-0.1, -0.05) is 46.3 Å². The van der Waals surface area contributed by atoms with Gasteiger partial charge in [-0.25, -0.2) is 0 Å². The van der Waals surface area contributed by atoms with Crippen LogP contribution in [0.15, 0.2) is 53.0 Å². The molecule has 2 amide bonds. The fourth-order valence-corrected chi connectivity index (χ4v) is 3.07. The number of carbonyl (C=O) groups excluding carboxylic acids is 2. The van der Waals surface area contributed by atoms with E-state index in [1.807, 2.05) is 0 Å². The van der Waals surface area contributed by atoms with Crippen molar-refractivity contribution in [2.45, 2.75) is 12.5 Å². The van der Waals surface area contributed by atoms with E-state index in [-0.39, 0.29) is 12.0 Å². The van der Waals surface area contributed by atoms with Gasteiger partial charge in [0, 0.05) is 4.47 Å². The summed E-state index contributed by atoms with van der Waals surface area (Å²) in [7, 11) is 0. The number of carboxylic acids is 1. The molecule has 0 saturated carbocycles. The van der Waals surface area contributed by atoms with Crippen LogP contribution in [0, 0.1) is 0 Å². The molecule has 2 aromatic carbocycles. The highest BCUT2D eigenvalue weighted by molar-refractivity contribution is 9.10. The highest BCUT2D eigenvalue weighted by Crippen LogP contribution is 2.34. The number of amides is 2. The van der Waals surface area contributed by atoms with Gasteiger partial charge in [0.15, 0.2) is 0 Å². The predicted molar refractivity (Wildman–Crippen MR) is 86.1 cm³/mol. The minimum Gasteiger partial charge on any atom is -0.481 e. The zero-order chi connectivity index (χ0) is 16.6. The third-order valence-corrected chi connectivity index (χ3v) is 4.24. The number of carbonyl (C=O) groups is 3. The number of halogens is 1. The number of rotatable bonds is 4. The Balaban J connectivity index is 2.06. The number of aliphatic carboxylic acids is 1. The number of hydrogen-bond acceptors (Lipinski definition) is 3. The van der Waals surface area contributed by atoms with Gasteiger partial charge in [-0.15, -0.1) is 0 Å². The van der Waals surface area contributed by atoms with Crippen LogP contribution in [0.3, 0.4) is 0 Å². The molecule has 116 valence electrons. The molecule has 0 radical (unpaired) electrons. The van der Waals surface area contributed by atoms with E-state index in [0.717, 1.165) is 4.90 Å². The maximum absolute atomic E-state index is 12.6. The van der Waals surface area contributed by atoms with Crippen LogP contribution in [0.5, 0.6) is 0 Å². The van der Waals surface area contributed by atoms with Gasteiger partial charge in [0.05, 0.1) is 23.6 Å². The van der Waals surface area contributed by atoms with Crippen molar-refractivity contribution >= 4 is 33.7 Å². The second-order valence-electron chi connectivity index (χ2n) is 5.19. The van der Waals surface area contributed by atoms with Crippen molar-refractivity contribution in [2.24, 2.45) is 0 Å². The molecule has 0 bridgehead atoms. The van der Waals surface area contributed by atoms with Crippen molar-refractivity contribution in [1.82, 2.24) is 4.90 Å². The van der Waals surface area contributed by atoms with E-state index < -0.39 is 23.8 Å². The van der Waals surface area contributed by atoms with E-state index in [4.69, 9.17) is 0 Å². The number of fused-ring (bicyclic) bond motifs is 1. The lowest BCUT2D eigenvalue weighted by Crippen LogP contribution is -2.35. The molecule has 0 fully saturated rings. The monoisotopic (exact) mass is 373 g/mol. The molecular formula is C17H12BrNO4. The number of carboxylic acid groups (broad SMARTS) is 1. The topological polar surface area (TPSA) is 74.7 Å². The summed E-state index contributed by atoms with van der Waals surface area (Å²) in [5, 5.41) is 9.18.